The highest BCUT2D eigenvalue weighted by Crippen LogP contribution is 2.25. The smallest absolute Gasteiger partial charge is 0.0737 e. The molecule has 0 bridgehead atoms. The summed E-state index contributed by atoms with van der Waals surface area (Å²) in [6, 6.07) is 8.15. The minimum absolute atomic E-state index is 0. The van der Waals surface area contributed by atoms with Crippen LogP contribution in [0.25, 0.3) is 10.9 Å². The van der Waals surface area contributed by atoms with E-state index in [2.05, 4.69) is 22.5 Å². The average Bonchev–Trinajstić information content (AvgIpc) is 2.47. The number of pyridine rings is 1. The molecule has 0 spiro atoms. The highest BCUT2D eigenvalue weighted by Gasteiger charge is 2.06. The maximum atomic E-state index is 8.70. The molecule has 1 atom stereocenters. The van der Waals surface area contributed by atoms with Gasteiger partial charge in [0.15, 0.2) is 0 Å². The molecule has 0 amide bonds. The van der Waals surface area contributed by atoms with Crippen molar-refractivity contribution in [3.05, 3.63) is 35.5 Å². The van der Waals surface area contributed by atoms with E-state index in [1.165, 1.54) is 0 Å². The lowest BCUT2D eigenvalue weighted by Crippen LogP contribution is -2.22. The zero-order valence-corrected chi connectivity index (χ0v) is 15.5. The number of aromatic nitrogens is 1. The third-order valence-corrected chi connectivity index (χ3v) is 3.62. The zero-order valence-electron chi connectivity index (χ0n) is 13.1. The second-order valence-corrected chi connectivity index (χ2v) is 5.62. The SMILES string of the molecule is CC(CCCNCCO)Nc1ccnc2cc(Cl)ccc12.Cl.Cl. The van der Waals surface area contributed by atoms with E-state index >= 15 is 0 Å². The minimum Gasteiger partial charge on any atom is -0.395 e. The first-order chi connectivity index (χ1) is 10.2. The van der Waals surface area contributed by atoms with Crippen molar-refractivity contribution >= 4 is 53.0 Å². The molecular weight excluding hydrogens is 357 g/mol. The van der Waals surface area contributed by atoms with Crippen LogP contribution >= 0.6 is 36.4 Å². The van der Waals surface area contributed by atoms with Gasteiger partial charge < -0.3 is 15.7 Å². The molecular formula is C16H24Cl3N3O. The molecule has 0 saturated carbocycles. The lowest BCUT2D eigenvalue weighted by atomic mass is 10.1. The predicted molar refractivity (Wildman–Crippen MR) is 104 cm³/mol. The molecule has 2 aromatic rings. The number of halogens is 3. The number of nitrogens with zero attached hydrogens (tertiary/aromatic N) is 1. The maximum Gasteiger partial charge on any atom is 0.0737 e. The Morgan fingerprint density at radius 2 is 2.00 bits per heavy atom. The molecule has 130 valence electrons. The lowest BCUT2D eigenvalue weighted by Gasteiger charge is -2.17. The molecule has 23 heavy (non-hydrogen) atoms. The van der Waals surface area contributed by atoms with Crippen molar-refractivity contribution in [2.24, 2.45) is 0 Å². The van der Waals surface area contributed by atoms with Crippen molar-refractivity contribution in [3.8, 4) is 0 Å². The summed E-state index contributed by atoms with van der Waals surface area (Å²) in [6.07, 6.45) is 3.94. The molecule has 1 unspecified atom stereocenters. The van der Waals surface area contributed by atoms with Gasteiger partial charge in [0.05, 0.1) is 12.1 Å². The number of rotatable bonds is 8. The van der Waals surface area contributed by atoms with Crippen molar-refractivity contribution < 1.29 is 5.11 Å². The number of fused-ring (bicyclic) bond motifs is 1. The van der Waals surface area contributed by atoms with Crippen LogP contribution in [-0.2, 0) is 0 Å². The van der Waals surface area contributed by atoms with Crippen molar-refractivity contribution in [3.63, 3.8) is 0 Å². The third kappa shape index (κ3) is 7.10. The quantitative estimate of drug-likeness (QED) is 0.608. The van der Waals surface area contributed by atoms with Gasteiger partial charge in [-0.05, 0) is 50.6 Å². The Bertz CT molecular complexity index is 583. The summed E-state index contributed by atoms with van der Waals surface area (Å²) in [5, 5.41) is 17.2. The fourth-order valence-electron chi connectivity index (χ4n) is 2.32. The van der Waals surface area contributed by atoms with Gasteiger partial charge in [-0.1, -0.05) is 11.6 Å². The van der Waals surface area contributed by atoms with Crippen LogP contribution in [0.2, 0.25) is 5.02 Å². The van der Waals surface area contributed by atoms with E-state index in [4.69, 9.17) is 16.7 Å². The standard InChI is InChI=1S/C16H22ClN3O.2ClH/c1-12(3-2-7-18-9-10-21)20-15-6-8-19-16-11-13(17)4-5-14(15)16;;/h4-6,8,11-12,18,21H,2-3,7,9-10H2,1H3,(H,19,20);2*1H. The van der Waals surface area contributed by atoms with Crippen LogP contribution in [0.5, 0.6) is 0 Å². The van der Waals surface area contributed by atoms with E-state index in [0.717, 1.165) is 36.0 Å². The van der Waals surface area contributed by atoms with E-state index in [9.17, 15) is 0 Å². The first-order valence-corrected chi connectivity index (χ1v) is 7.71. The lowest BCUT2D eigenvalue weighted by molar-refractivity contribution is 0.292. The molecule has 2 rings (SSSR count). The van der Waals surface area contributed by atoms with Crippen molar-refractivity contribution in [2.75, 3.05) is 25.0 Å². The second-order valence-electron chi connectivity index (χ2n) is 5.18. The number of aliphatic hydroxyl groups is 1. The molecule has 0 radical (unpaired) electrons. The number of benzene rings is 1. The fraction of sp³-hybridized carbons (Fsp3) is 0.438. The molecule has 1 aromatic heterocycles. The molecule has 0 aliphatic carbocycles. The number of nitrogens with one attached hydrogen (secondary N) is 2. The maximum absolute atomic E-state index is 8.70. The van der Waals surface area contributed by atoms with Crippen LogP contribution in [0.15, 0.2) is 30.5 Å². The van der Waals surface area contributed by atoms with E-state index in [1.54, 1.807) is 6.20 Å². The van der Waals surface area contributed by atoms with Gasteiger partial charge in [0.2, 0.25) is 0 Å². The first-order valence-electron chi connectivity index (χ1n) is 7.33. The summed E-state index contributed by atoms with van der Waals surface area (Å²) in [4.78, 5) is 4.35. The van der Waals surface area contributed by atoms with Gasteiger partial charge in [-0.15, -0.1) is 24.8 Å². The number of aliphatic hydroxyl groups excluding tert-OH is 1. The van der Waals surface area contributed by atoms with Crippen molar-refractivity contribution in [1.29, 1.82) is 0 Å². The average molecular weight is 381 g/mol. The molecule has 3 N–H and O–H groups in total. The highest BCUT2D eigenvalue weighted by atomic mass is 35.5. The largest absolute Gasteiger partial charge is 0.395 e. The number of hydrogen-bond acceptors (Lipinski definition) is 4. The van der Waals surface area contributed by atoms with Crippen LogP contribution in [0.3, 0.4) is 0 Å². The number of hydrogen-bond donors (Lipinski definition) is 3. The van der Waals surface area contributed by atoms with Gasteiger partial charge >= 0.3 is 0 Å². The Hall–Kier alpha value is -0.780. The molecule has 0 saturated heterocycles. The third-order valence-electron chi connectivity index (χ3n) is 3.39. The summed E-state index contributed by atoms with van der Waals surface area (Å²) in [5.74, 6) is 0. The van der Waals surface area contributed by atoms with Crippen LogP contribution in [0.1, 0.15) is 19.8 Å². The molecule has 1 heterocycles. The Morgan fingerprint density at radius 3 is 2.74 bits per heavy atom. The topological polar surface area (TPSA) is 57.2 Å². The molecule has 1 aromatic carbocycles. The molecule has 0 aliphatic heterocycles. The van der Waals surface area contributed by atoms with Gasteiger partial charge in [0.1, 0.15) is 0 Å². The first kappa shape index (κ1) is 22.2. The van der Waals surface area contributed by atoms with Crippen molar-refractivity contribution in [1.82, 2.24) is 10.3 Å². The monoisotopic (exact) mass is 379 g/mol. The summed E-state index contributed by atoms with van der Waals surface area (Å²) in [6.45, 7) is 3.96. The van der Waals surface area contributed by atoms with E-state index < -0.39 is 0 Å². The Balaban J connectivity index is 0.00000242. The fourth-order valence-corrected chi connectivity index (χ4v) is 2.49. The predicted octanol–water partition coefficient (Wildman–Crippen LogP) is 3.89. The summed E-state index contributed by atoms with van der Waals surface area (Å²) in [5.41, 5.74) is 2.00. The zero-order chi connectivity index (χ0) is 15.1. The highest BCUT2D eigenvalue weighted by molar-refractivity contribution is 6.31. The van der Waals surface area contributed by atoms with Gasteiger partial charge in [-0.25, -0.2) is 0 Å². The Labute approximate surface area is 154 Å². The molecule has 7 heteroatoms. The number of anilines is 1. The molecule has 0 aliphatic rings. The van der Waals surface area contributed by atoms with Gasteiger partial charge in [0.25, 0.3) is 0 Å². The van der Waals surface area contributed by atoms with Gasteiger partial charge in [-0.3, -0.25) is 4.98 Å². The normalized spacial score (nSPS) is 11.4. The van der Waals surface area contributed by atoms with E-state index in [1.807, 2.05) is 24.3 Å². The van der Waals surface area contributed by atoms with Crippen LogP contribution in [0.4, 0.5) is 5.69 Å². The summed E-state index contributed by atoms with van der Waals surface area (Å²) >= 11 is 6.00. The van der Waals surface area contributed by atoms with Crippen LogP contribution < -0.4 is 10.6 Å². The Morgan fingerprint density at radius 1 is 1.22 bits per heavy atom. The summed E-state index contributed by atoms with van der Waals surface area (Å²) in [7, 11) is 0. The summed E-state index contributed by atoms with van der Waals surface area (Å²) < 4.78 is 0. The molecule has 0 fully saturated rings. The Kier molecular flexibility index (Phi) is 11.3. The second kappa shape index (κ2) is 11.7. The minimum atomic E-state index is 0. The van der Waals surface area contributed by atoms with Gasteiger partial charge in [-0.2, -0.15) is 0 Å². The van der Waals surface area contributed by atoms with Crippen LogP contribution in [-0.4, -0.2) is 35.8 Å². The van der Waals surface area contributed by atoms with Crippen molar-refractivity contribution in [2.45, 2.75) is 25.8 Å². The van der Waals surface area contributed by atoms with E-state index in [0.29, 0.717) is 17.6 Å². The van der Waals surface area contributed by atoms with E-state index in [-0.39, 0.29) is 31.4 Å². The molecule has 4 nitrogen and oxygen atoms in total. The van der Waals surface area contributed by atoms with Crippen LogP contribution in [0, 0.1) is 0 Å². The van der Waals surface area contributed by atoms with Gasteiger partial charge in [0, 0.05) is 34.9 Å².